The third-order valence-corrected chi connectivity index (χ3v) is 4.35. The number of hydrogen-bond donors (Lipinski definition) is 1. The third-order valence-electron chi connectivity index (χ3n) is 3.03. The molecule has 0 radical (unpaired) electrons. The van der Waals surface area contributed by atoms with Crippen molar-refractivity contribution in [1.29, 1.82) is 0 Å². The maximum atomic E-state index is 4.31. The Kier molecular flexibility index (Phi) is 4.14. The molecule has 0 N–H and O–H groups in total. The van der Waals surface area contributed by atoms with Crippen molar-refractivity contribution in [2.24, 2.45) is 0 Å². The monoisotopic (exact) mass is 294 g/mol. The summed E-state index contributed by atoms with van der Waals surface area (Å²) in [6, 6.07) is 27.3. The fraction of sp³-hybridized carbons (Fsp3) is 0. The quantitative estimate of drug-likeness (QED) is 0.596. The van der Waals surface area contributed by atoms with Gasteiger partial charge in [0.25, 0.3) is 0 Å². The first-order chi connectivity index (χ1) is 9.81. The molecule has 98 valence electrons. The molecule has 0 amide bonds. The first-order valence-electron chi connectivity index (χ1n) is 6.44. The van der Waals surface area contributed by atoms with Gasteiger partial charge < -0.3 is 0 Å². The smallest absolute Gasteiger partial charge is 0.0122 e. The lowest BCUT2D eigenvalue weighted by Crippen LogP contribution is -1.78. The van der Waals surface area contributed by atoms with Crippen LogP contribution in [-0.2, 0) is 0 Å². The number of thiol groups is 1. The van der Waals surface area contributed by atoms with Gasteiger partial charge in [-0.1, -0.05) is 54.2 Å². The third kappa shape index (κ3) is 3.27. The summed E-state index contributed by atoms with van der Waals surface area (Å²) in [5, 5.41) is 0. The molecule has 0 bridgehead atoms. The van der Waals surface area contributed by atoms with Gasteiger partial charge >= 0.3 is 0 Å². The van der Waals surface area contributed by atoms with E-state index in [9.17, 15) is 0 Å². The van der Waals surface area contributed by atoms with E-state index in [2.05, 4.69) is 73.3 Å². The van der Waals surface area contributed by atoms with Gasteiger partial charge in [-0.15, -0.1) is 12.6 Å². The minimum Gasteiger partial charge on any atom is -0.143 e. The molecule has 3 aromatic carbocycles. The van der Waals surface area contributed by atoms with Crippen molar-refractivity contribution in [2.45, 2.75) is 14.7 Å². The van der Waals surface area contributed by atoms with Gasteiger partial charge in [-0.2, -0.15) is 0 Å². The number of hydrogen-bond acceptors (Lipinski definition) is 2. The predicted octanol–water partition coefficient (Wildman–Crippen LogP) is 5.79. The minimum atomic E-state index is 0.991. The van der Waals surface area contributed by atoms with E-state index in [1.165, 1.54) is 20.9 Å². The molecule has 0 fully saturated rings. The molecule has 0 unspecified atom stereocenters. The second kappa shape index (κ2) is 6.21. The van der Waals surface area contributed by atoms with Crippen LogP contribution in [0.5, 0.6) is 0 Å². The summed E-state index contributed by atoms with van der Waals surface area (Å²) in [4.78, 5) is 3.51. The second-order valence-electron chi connectivity index (χ2n) is 4.49. The number of rotatable bonds is 3. The Morgan fingerprint density at radius 3 is 1.65 bits per heavy atom. The van der Waals surface area contributed by atoms with Gasteiger partial charge in [0.05, 0.1) is 0 Å². The molecule has 0 heterocycles. The Labute approximate surface area is 129 Å². The summed E-state index contributed by atoms with van der Waals surface area (Å²) < 4.78 is 0. The lowest BCUT2D eigenvalue weighted by Gasteiger charge is -2.05. The molecule has 3 rings (SSSR count). The normalized spacial score (nSPS) is 10.4. The molecule has 2 heteroatoms. The van der Waals surface area contributed by atoms with Crippen LogP contribution >= 0.6 is 24.4 Å². The molecule has 0 aliphatic heterocycles. The Hall–Kier alpha value is -1.64. The van der Waals surface area contributed by atoms with Gasteiger partial charge in [0, 0.05) is 14.7 Å². The Bertz CT molecular complexity index is 671. The summed E-state index contributed by atoms with van der Waals surface area (Å²) in [7, 11) is 0. The van der Waals surface area contributed by atoms with E-state index in [1.807, 2.05) is 18.2 Å². The predicted molar refractivity (Wildman–Crippen MR) is 89.7 cm³/mol. The zero-order chi connectivity index (χ0) is 13.8. The molecule has 0 saturated carbocycles. The molecule has 3 aromatic rings. The fourth-order valence-corrected chi connectivity index (χ4v) is 2.98. The summed E-state index contributed by atoms with van der Waals surface area (Å²) in [5.74, 6) is 0. The standard InChI is InChI=1S/C18H14S2/c19-16-10-6-14(7-11-16)15-8-12-18(13-9-15)20-17-4-2-1-3-5-17/h1-13,19H. The molecule has 0 aromatic heterocycles. The van der Waals surface area contributed by atoms with E-state index < -0.39 is 0 Å². The fourth-order valence-electron chi connectivity index (χ4n) is 1.99. The van der Waals surface area contributed by atoms with Crippen molar-refractivity contribution < 1.29 is 0 Å². The second-order valence-corrected chi connectivity index (χ2v) is 6.15. The van der Waals surface area contributed by atoms with Crippen LogP contribution in [0, 0.1) is 0 Å². The van der Waals surface area contributed by atoms with Crippen LogP contribution in [0.2, 0.25) is 0 Å². The Morgan fingerprint density at radius 1 is 0.550 bits per heavy atom. The van der Waals surface area contributed by atoms with Crippen LogP contribution in [0.25, 0.3) is 11.1 Å². The molecule has 0 saturated heterocycles. The molecular weight excluding hydrogens is 280 g/mol. The van der Waals surface area contributed by atoms with Gasteiger partial charge in [0.1, 0.15) is 0 Å². The van der Waals surface area contributed by atoms with Gasteiger partial charge in [-0.25, -0.2) is 0 Å². The van der Waals surface area contributed by atoms with E-state index in [-0.39, 0.29) is 0 Å². The van der Waals surface area contributed by atoms with E-state index in [0.29, 0.717) is 0 Å². The largest absolute Gasteiger partial charge is 0.143 e. The average Bonchev–Trinajstić information content (AvgIpc) is 2.50. The van der Waals surface area contributed by atoms with E-state index >= 15 is 0 Å². The Balaban J connectivity index is 1.79. The van der Waals surface area contributed by atoms with Crippen LogP contribution in [0.3, 0.4) is 0 Å². The molecule has 0 spiro atoms. The maximum absolute atomic E-state index is 4.31. The summed E-state index contributed by atoms with van der Waals surface area (Å²) >= 11 is 6.09. The lowest BCUT2D eigenvalue weighted by molar-refractivity contribution is 1.40. The zero-order valence-corrected chi connectivity index (χ0v) is 12.6. The van der Waals surface area contributed by atoms with Crippen LogP contribution in [0.4, 0.5) is 0 Å². The van der Waals surface area contributed by atoms with Crippen molar-refractivity contribution in [1.82, 2.24) is 0 Å². The minimum absolute atomic E-state index is 0.991. The van der Waals surface area contributed by atoms with Gasteiger partial charge in [-0.3, -0.25) is 0 Å². The van der Waals surface area contributed by atoms with E-state index in [1.54, 1.807) is 11.8 Å². The number of benzene rings is 3. The van der Waals surface area contributed by atoms with Crippen molar-refractivity contribution >= 4 is 24.4 Å². The molecule has 0 aliphatic carbocycles. The van der Waals surface area contributed by atoms with Crippen LogP contribution in [0.1, 0.15) is 0 Å². The zero-order valence-electron chi connectivity index (χ0n) is 10.9. The summed E-state index contributed by atoms with van der Waals surface area (Å²) in [5.41, 5.74) is 2.45. The first kappa shape index (κ1) is 13.3. The molecule has 0 nitrogen and oxygen atoms in total. The van der Waals surface area contributed by atoms with Gasteiger partial charge in [0.2, 0.25) is 0 Å². The Morgan fingerprint density at radius 2 is 1.05 bits per heavy atom. The molecule has 0 atom stereocenters. The highest BCUT2D eigenvalue weighted by atomic mass is 32.2. The van der Waals surface area contributed by atoms with Crippen LogP contribution in [0.15, 0.2) is 93.5 Å². The molecular formula is C18H14S2. The average molecular weight is 294 g/mol. The highest BCUT2D eigenvalue weighted by Gasteiger charge is 2.00. The highest BCUT2D eigenvalue weighted by molar-refractivity contribution is 7.99. The topological polar surface area (TPSA) is 0 Å². The van der Waals surface area contributed by atoms with Crippen molar-refractivity contribution in [3.8, 4) is 11.1 Å². The SMILES string of the molecule is Sc1ccc(-c2ccc(Sc3ccccc3)cc2)cc1. The van der Waals surface area contributed by atoms with Crippen LogP contribution in [-0.4, -0.2) is 0 Å². The van der Waals surface area contributed by atoms with Crippen LogP contribution < -0.4 is 0 Å². The molecule has 0 aliphatic rings. The first-order valence-corrected chi connectivity index (χ1v) is 7.70. The molecule has 20 heavy (non-hydrogen) atoms. The van der Waals surface area contributed by atoms with Gasteiger partial charge in [-0.05, 0) is 47.5 Å². The van der Waals surface area contributed by atoms with Crippen molar-refractivity contribution in [3.05, 3.63) is 78.9 Å². The van der Waals surface area contributed by atoms with Crippen molar-refractivity contribution in [3.63, 3.8) is 0 Å². The highest BCUT2D eigenvalue weighted by Crippen LogP contribution is 2.29. The van der Waals surface area contributed by atoms with E-state index in [0.717, 1.165) is 4.90 Å². The maximum Gasteiger partial charge on any atom is 0.0122 e. The van der Waals surface area contributed by atoms with Crippen molar-refractivity contribution in [2.75, 3.05) is 0 Å². The van der Waals surface area contributed by atoms with E-state index in [4.69, 9.17) is 0 Å². The van der Waals surface area contributed by atoms with Gasteiger partial charge in [0.15, 0.2) is 0 Å². The summed E-state index contributed by atoms with van der Waals surface area (Å²) in [6.07, 6.45) is 0. The lowest BCUT2D eigenvalue weighted by atomic mass is 10.1. The summed E-state index contributed by atoms with van der Waals surface area (Å²) in [6.45, 7) is 0.